The Labute approximate surface area is 92.0 Å². The molecule has 1 fully saturated rings. The van der Waals surface area contributed by atoms with Crippen molar-refractivity contribution in [3.05, 3.63) is 23.7 Å². The van der Waals surface area contributed by atoms with Crippen LogP contribution in [0.4, 0.5) is 0 Å². The molecule has 2 heterocycles. The number of hydrogen-bond acceptors (Lipinski definition) is 4. The Morgan fingerprint density at radius 3 is 3.07 bits per heavy atom. The zero-order valence-corrected chi connectivity index (χ0v) is 9.21. The molecule has 1 aliphatic rings. The monoisotopic (exact) mass is 227 g/mol. The van der Waals surface area contributed by atoms with Crippen LogP contribution >= 0.6 is 11.8 Å². The van der Waals surface area contributed by atoms with Gasteiger partial charge in [-0.2, -0.15) is 0 Å². The smallest absolute Gasteiger partial charge is 0.321 e. The summed E-state index contributed by atoms with van der Waals surface area (Å²) in [4.78, 5) is 10.7. The van der Waals surface area contributed by atoms with E-state index >= 15 is 0 Å². The van der Waals surface area contributed by atoms with Gasteiger partial charge in [0.2, 0.25) is 0 Å². The second kappa shape index (κ2) is 4.28. The molecular formula is C10H13NO3S. The molecule has 1 saturated heterocycles. The van der Waals surface area contributed by atoms with Gasteiger partial charge in [0.25, 0.3) is 0 Å². The van der Waals surface area contributed by atoms with Gasteiger partial charge in [-0.25, -0.2) is 0 Å². The lowest BCUT2D eigenvalue weighted by Crippen LogP contribution is -2.33. The second-order valence-electron chi connectivity index (χ2n) is 3.43. The molecule has 0 aliphatic carbocycles. The maximum atomic E-state index is 10.7. The molecule has 0 amide bonds. The fourth-order valence-corrected chi connectivity index (χ4v) is 2.68. The van der Waals surface area contributed by atoms with Crippen molar-refractivity contribution in [3.63, 3.8) is 0 Å². The van der Waals surface area contributed by atoms with Crippen molar-refractivity contribution >= 4 is 17.7 Å². The second-order valence-corrected chi connectivity index (χ2v) is 4.57. The van der Waals surface area contributed by atoms with Crippen LogP contribution in [0.3, 0.4) is 0 Å². The van der Waals surface area contributed by atoms with Crippen molar-refractivity contribution in [2.75, 3.05) is 5.75 Å². The van der Waals surface area contributed by atoms with E-state index in [1.54, 1.807) is 11.8 Å². The number of furan rings is 1. The van der Waals surface area contributed by atoms with Gasteiger partial charge >= 0.3 is 5.97 Å². The van der Waals surface area contributed by atoms with E-state index in [1.165, 1.54) is 0 Å². The third kappa shape index (κ3) is 2.18. The van der Waals surface area contributed by atoms with Crippen LogP contribution < -0.4 is 5.32 Å². The molecule has 1 aliphatic heterocycles. The first-order valence-electron chi connectivity index (χ1n) is 4.89. The van der Waals surface area contributed by atoms with E-state index in [0.29, 0.717) is 5.75 Å². The zero-order valence-electron chi connectivity index (χ0n) is 8.40. The lowest BCUT2D eigenvalue weighted by molar-refractivity contribution is -0.138. The number of carboxylic acid groups (broad SMARTS) is 1. The van der Waals surface area contributed by atoms with E-state index in [0.717, 1.165) is 17.9 Å². The predicted octanol–water partition coefficient (Wildman–Crippen LogP) is 1.63. The number of carboxylic acids is 1. The van der Waals surface area contributed by atoms with E-state index in [4.69, 9.17) is 9.52 Å². The van der Waals surface area contributed by atoms with Gasteiger partial charge in [-0.05, 0) is 12.1 Å². The molecule has 2 N–H and O–H groups in total. The van der Waals surface area contributed by atoms with Gasteiger partial charge < -0.3 is 9.52 Å². The van der Waals surface area contributed by atoms with Crippen LogP contribution in [-0.4, -0.2) is 22.9 Å². The molecule has 2 atom stereocenters. The minimum absolute atomic E-state index is 0.0219. The number of nitrogens with one attached hydrogen (secondary N) is 1. The molecule has 15 heavy (non-hydrogen) atoms. The normalized spacial score (nSPS) is 25.7. The molecule has 5 heteroatoms. The van der Waals surface area contributed by atoms with Crippen molar-refractivity contribution in [2.24, 2.45) is 0 Å². The highest BCUT2D eigenvalue weighted by molar-refractivity contribution is 7.99. The van der Waals surface area contributed by atoms with Gasteiger partial charge in [-0.15, -0.1) is 11.8 Å². The van der Waals surface area contributed by atoms with E-state index in [9.17, 15) is 4.79 Å². The molecular weight excluding hydrogens is 214 g/mol. The summed E-state index contributed by atoms with van der Waals surface area (Å²) < 4.78 is 5.57. The molecule has 0 aromatic carbocycles. The van der Waals surface area contributed by atoms with Crippen molar-refractivity contribution in [1.29, 1.82) is 0 Å². The third-order valence-electron chi connectivity index (χ3n) is 2.37. The fourth-order valence-electron chi connectivity index (χ4n) is 1.50. The van der Waals surface area contributed by atoms with Gasteiger partial charge in [0.15, 0.2) is 0 Å². The average Bonchev–Trinajstić information content (AvgIpc) is 2.86. The summed E-state index contributed by atoms with van der Waals surface area (Å²) >= 11 is 1.57. The minimum atomic E-state index is -0.799. The predicted molar refractivity (Wildman–Crippen MR) is 57.8 cm³/mol. The lowest BCUT2D eigenvalue weighted by atomic mass is 10.3. The molecule has 0 radical (unpaired) electrons. The molecule has 2 rings (SSSR count). The van der Waals surface area contributed by atoms with Gasteiger partial charge in [0.05, 0.1) is 0 Å². The highest BCUT2D eigenvalue weighted by Crippen LogP contribution is 2.33. The van der Waals surface area contributed by atoms with Gasteiger partial charge in [-0.3, -0.25) is 10.1 Å². The van der Waals surface area contributed by atoms with E-state index in [1.807, 2.05) is 19.1 Å². The number of rotatable bonds is 3. The Balaban J connectivity index is 2.04. The Kier molecular flexibility index (Phi) is 3.02. The first-order valence-corrected chi connectivity index (χ1v) is 5.94. The van der Waals surface area contributed by atoms with E-state index in [-0.39, 0.29) is 5.37 Å². The summed E-state index contributed by atoms with van der Waals surface area (Å²) in [6, 6.07) is 3.38. The maximum Gasteiger partial charge on any atom is 0.321 e. The van der Waals surface area contributed by atoms with Crippen LogP contribution in [-0.2, 0) is 11.2 Å². The third-order valence-corrected chi connectivity index (χ3v) is 3.60. The lowest BCUT2D eigenvalue weighted by Gasteiger charge is -2.07. The van der Waals surface area contributed by atoms with E-state index in [2.05, 4.69) is 5.32 Å². The molecule has 1 aromatic rings. The highest BCUT2D eigenvalue weighted by Gasteiger charge is 2.31. The summed E-state index contributed by atoms with van der Waals surface area (Å²) in [5.41, 5.74) is 0. The van der Waals surface area contributed by atoms with Crippen LogP contribution in [0.25, 0.3) is 0 Å². The largest absolute Gasteiger partial charge is 0.480 e. The van der Waals surface area contributed by atoms with Crippen LogP contribution in [0.15, 0.2) is 16.5 Å². The number of aryl methyl sites for hydroxylation is 1. The summed E-state index contributed by atoms with van der Waals surface area (Å²) in [7, 11) is 0. The number of thioether (sulfide) groups is 1. The topological polar surface area (TPSA) is 62.5 Å². The SMILES string of the molecule is CCc1ccc(C2NC(C(=O)O)CS2)o1. The molecule has 0 bridgehead atoms. The van der Waals surface area contributed by atoms with Crippen LogP contribution in [0, 0.1) is 0 Å². The first-order chi connectivity index (χ1) is 7.20. The Hall–Kier alpha value is -0.940. The molecule has 0 saturated carbocycles. The van der Waals surface area contributed by atoms with Crippen LogP contribution in [0.5, 0.6) is 0 Å². The van der Waals surface area contributed by atoms with Crippen molar-refractivity contribution < 1.29 is 14.3 Å². The maximum absolute atomic E-state index is 10.7. The first kappa shape index (κ1) is 10.6. The zero-order chi connectivity index (χ0) is 10.8. The van der Waals surface area contributed by atoms with Gasteiger partial charge in [0.1, 0.15) is 22.9 Å². The van der Waals surface area contributed by atoms with Crippen molar-refractivity contribution in [3.8, 4) is 0 Å². The van der Waals surface area contributed by atoms with Crippen molar-refractivity contribution in [2.45, 2.75) is 24.8 Å². The highest BCUT2D eigenvalue weighted by atomic mass is 32.2. The Bertz CT molecular complexity index is 363. The van der Waals surface area contributed by atoms with Crippen molar-refractivity contribution in [1.82, 2.24) is 5.32 Å². The molecule has 2 unspecified atom stereocenters. The van der Waals surface area contributed by atoms with E-state index < -0.39 is 12.0 Å². The molecule has 82 valence electrons. The fraction of sp³-hybridized carbons (Fsp3) is 0.500. The summed E-state index contributed by atoms with van der Waals surface area (Å²) in [6.07, 6.45) is 0.861. The number of hydrogen-bond donors (Lipinski definition) is 2. The quantitative estimate of drug-likeness (QED) is 0.821. The van der Waals surface area contributed by atoms with Gasteiger partial charge in [-0.1, -0.05) is 6.92 Å². The molecule has 1 aromatic heterocycles. The molecule has 0 spiro atoms. The van der Waals surface area contributed by atoms with Crippen LogP contribution in [0.2, 0.25) is 0 Å². The van der Waals surface area contributed by atoms with Gasteiger partial charge in [0, 0.05) is 12.2 Å². The molecule has 4 nitrogen and oxygen atoms in total. The number of aliphatic carboxylic acids is 1. The van der Waals surface area contributed by atoms with Crippen LogP contribution in [0.1, 0.15) is 23.8 Å². The minimum Gasteiger partial charge on any atom is -0.480 e. The standard InChI is InChI=1S/C10H13NO3S/c1-2-6-3-4-8(14-6)9-11-7(5-15-9)10(12)13/h3-4,7,9,11H,2,5H2,1H3,(H,12,13). The Morgan fingerprint density at radius 1 is 1.73 bits per heavy atom. The summed E-state index contributed by atoms with van der Waals surface area (Å²) in [5.74, 6) is 1.54. The summed E-state index contributed by atoms with van der Waals surface area (Å²) in [6.45, 7) is 2.03. The average molecular weight is 227 g/mol. The Morgan fingerprint density at radius 2 is 2.53 bits per heavy atom. The summed E-state index contributed by atoms with van der Waals surface area (Å²) in [5, 5.41) is 11.8. The number of carbonyl (C=O) groups is 1.